The van der Waals surface area contributed by atoms with Gasteiger partial charge < -0.3 is 18.9 Å². The molecule has 1 aliphatic carbocycles. The fraction of sp³-hybridized carbons (Fsp3) is 1.00. The molecule has 1 saturated carbocycles. The van der Waals surface area contributed by atoms with Crippen LogP contribution in [0, 0.1) is 5.92 Å². The molecule has 3 unspecified atom stereocenters. The molecule has 4 nitrogen and oxygen atoms in total. The molecule has 0 N–H and O–H groups in total. The topological polar surface area (TPSA) is 46.8 Å². The van der Waals surface area contributed by atoms with Crippen molar-refractivity contribution in [2.24, 2.45) is 5.92 Å². The van der Waals surface area contributed by atoms with Crippen LogP contribution in [-0.4, -0.2) is 51.3 Å². The molecule has 0 amide bonds. The minimum absolute atomic E-state index is 0.392. The average molecular weight is 270 g/mol. The third-order valence-electron chi connectivity index (χ3n) is 4.14. The third-order valence-corrected chi connectivity index (χ3v) is 4.14. The molecule has 4 heteroatoms. The van der Waals surface area contributed by atoms with Crippen molar-refractivity contribution in [1.82, 2.24) is 0 Å². The van der Waals surface area contributed by atoms with Crippen molar-refractivity contribution in [3.63, 3.8) is 0 Å². The lowest BCUT2D eigenvalue weighted by atomic mass is 9.86. The summed E-state index contributed by atoms with van der Waals surface area (Å²) < 4.78 is 20.3. The van der Waals surface area contributed by atoms with Gasteiger partial charge in [0.05, 0.1) is 39.1 Å². The zero-order valence-corrected chi connectivity index (χ0v) is 11.7. The average Bonchev–Trinajstić information content (AvgIpc) is 3.25. The predicted molar refractivity (Wildman–Crippen MR) is 71.2 cm³/mol. The molecule has 0 spiro atoms. The second kappa shape index (κ2) is 7.02. The normalized spacial score (nSPS) is 36.3. The van der Waals surface area contributed by atoms with Crippen molar-refractivity contribution < 1.29 is 18.9 Å². The van der Waals surface area contributed by atoms with Crippen molar-refractivity contribution in [3.8, 4) is 0 Å². The predicted octanol–water partition coefficient (Wildman–Crippen LogP) is 2.16. The van der Waals surface area contributed by atoms with E-state index in [1.165, 1.54) is 38.5 Å². The summed E-state index contributed by atoms with van der Waals surface area (Å²) in [5.74, 6) is 1.02. The summed E-state index contributed by atoms with van der Waals surface area (Å²) in [6.45, 7) is 4.31. The largest absolute Gasteiger partial charge is 0.376 e. The van der Waals surface area contributed by atoms with Gasteiger partial charge in [0.1, 0.15) is 12.2 Å². The highest BCUT2D eigenvalue weighted by molar-refractivity contribution is 4.76. The van der Waals surface area contributed by atoms with Crippen LogP contribution in [0.1, 0.15) is 38.5 Å². The van der Waals surface area contributed by atoms with E-state index in [1.54, 1.807) is 0 Å². The van der Waals surface area contributed by atoms with Crippen LogP contribution in [0.15, 0.2) is 0 Å². The molecule has 19 heavy (non-hydrogen) atoms. The van der Waals surface area contributed by atoms with E-state index in [-0.39, 0.29) is 0 Å². The lowest BCUT2D eigenvalue weighted by molar-refractivity contribution is 0.102. The molecule has 0 aromatic heterocycles. The van der Waals surface area contributed by atoms with E-state index in [9.17, 15) is 0 Å². The molecule has 0 aromatic carbocycles. The monoisotopic (exact) mass is 270 g/mol. The second-order valence-corrected chi connectivity index (χ2v) is 6.14. The maximum Gasteiger partial charge on any atom is 0.104 e. The molecule has 0 bridgehead atoms. The molecule has 0 aromatic rings. The highest BCUT2D eigenvalue weighted by atomic mass is 16.6. The van der Waals surface area contributed by atoms with Gasteiger partial charge in [0.15, 0.2) is 0 Å². The molecular formula is C15H26O4. The van der Waals surface area contributed by atoms with Gasteiger partial charge in [0, 0.05) is 0 Å². The van der Waals surface area contributed by atoms with Gasteiger partial charge in [0.25, 0.3) is 0 Å². The van der Waals surface area contributed by atoms with Crippen LogP contribution < -0.4 is 0 Å². The zero-order chi connectivity index (χ0) is 12.9. The van der Waals surface area contributed by atoms with E-state index in [0.29, 0.717) is 18.3 Å². The summed E-state index contributed by atoms with van der Waals surface area (Å²) in [5, 5.41) is 0. The van der Waals surface area contributed by atoms with Gasteiger partial charge >= 0.3 is 0 Å². The van der Waals surface area contributed by atoms with E-state index in [4.69, 9.17) is 18.9 Å². The first kappa shape index (κ1) is 13.8. The Morgan fingerprint density at radius 2 is 1.26 bits per heavy atom. The van der Waals surface area contributed by atoms with E-state index in [0.717, 1.165) is 39.0 Å². The second-order valence-electron chi connectivity index (χ2n) is 6.14. The standard InChI is InChI=1S/C9H16O.C6H10O3/c1-2-4-8(5-3-1)6-9-7-10-9;1(5-3-8-5)7-2-6-4-9-6/h8-9H,1-7H2;5-6H,1-4H2. The summed E-state index contributed by atoms with van der Waals surface area (Å²) >= 11 is 0. The first-order chi connectivity index (χ1) is 9.40. The van der Waals surface area contributed by atoms with E-state index in [2.05, 4.69) is 0 Å². The molecule has 4 aliphatic rings. The minimum Gasteiger partial charge on any atom is -0.376 e. The Kier molecular flexibility index (Phi) is 5.10. The summed E-state index contributed by atoms with van der Waals surface area (Å²) in [6, 6.07) is 0. The first-order valence-electron chi connectivity index (χ1n) is 7.82. The van der Waals surface area contributed by atoms with Crippen molar-refractivity contribution in [2.75, 3.05) is 33.0 Å². The van der Waals surface area contributed by atoms with E-state index >= 15 is 0 Å². The highest BCUT2D eigenvalue weighted by Crippen LogP contribution is 2.30. The summed E-state index contributed by atoms with van der Waals surface area (Å²) in [6.07, 6.45) is 10.2. The Morgan fingerprint density at radius 3 is 1.74 bits per heavy atom. The fourth-order valence-corrected chi connectivity index (χ4v) is 2.66. The maximum atomic E-state index is 5.23. The number of ether oxygens (including phenoxy) is 4. The summed E-state index contributed by atoms with van der Waals surface area (Å²) in [7, 11) is 0. The number of epoxide rings is 3. The highest BCUT2D eigenvalue weighted by Gasteiger charge is 2.27. The van der Waals surface area contributed by atoms with Crippen LogP contribution in [0.5, 0.6) is 0 Å². The Bertz CT molecular complexity index is 241. The number of hydrogen-bond acceptors (Lipinski definition) is 4. The van der Waals surface area contributed by atoms with Crippen molar-refractivity contribution in [2.45, 2.75) is 56.8 Å². The maximum absolute atomic E-state index is 5.23. The molecule has 4 fully saturated rings. The molecule has 3 saturated heterocycles. The van der Waals surface area contributed by atoms with E-state index in [1.807, 2.05) is 0 Å². The lowest BCUT2D eigenvalue weighted by Gasteiger charge is -2.20. The summed E-state index contributed by atoms with van der Waals surface area (Å²) in [5.41, 5.74) is 0. The molecule has 3 heterocycles. The zero-order valence-electron chi connectivity index (χ0n) is 11.7. The minimum atomic E-state index is 0.392. The van der Waals surface area contributed by atoms with Crippen molar-refractivity contribution in [1.29, 1.82) is 0 Å². The molecule has 4 rings (SSSR count). The molecule has 0 radical (unpaired) electrons. The van der Waals surface area contributed by atoms with Crippen LogP contribution in [0.3, 0.4) is 0 Å². The van der Waals surface area contributed by atoms with Gasteiger partial charge in [-0.15, -0.1) is 0 Å². The first-order valence-corrected chi connectivity index (χ1v) is 7.82. The van der Waals surface area contributed by atoms with Gasteiger partial charge in [-0.2, -0.15) is 0 Å². The van der Waals surface area contributed by atoms with Crippen molar-refractivity contribution in [3.05, 3.63) is 0 Å². The molecule has 110 valence electrons. The van der Waals surface area contributed by atoms with Crippen molar-refractivity contribution >= 4 is 0 Å². The number of rotatable bonds is 6. The van der Waals surface area contributed by atoms with Crippen LogP contribution in [-0.2, 0) is 18.9 Å². The fourth-order valence-electron chi connectivity index (χ4n) is 2.66. The Morgan fingerprint density at radius 1 is 0.737 bits per heavy atom. The van der Waals surface area contributed by atoms with E-state index < -0.39 is 0 Å². The van der Waals surface area contributed by atoms with Gasteiger partial charge in [0.2, 0.25) is 0 Å². The third kappa shape index (κ3) is 6.21. The van der Waals surface area contributed by atoms with Crippen LogP contribution in [0.4, 0.5) is 0 Å². The summed E-state index contributed by atoms with van der Waals surface area (Å²) in [4.78, 5) is 0. The molecule has 3 atom stereocenters. The Balaban J connectivity index is 0.000000117. The Hall–Kier alpha value is -0.160. The van der Waals surface area contributed by atoms with Gasteiger partial charge in [-0.1, -0.05) is 32.1 Å². The number of hydrogen-bond donors (Lipinski definition) is 0. The smallest absolute Gasteiger partial charge is 0.104 e. The van der Waals surface area contributed by atoms with Gasteiger partial charge in [-0.3, -0.25) is 0 Å². The Labute approximate surface area is 115 Å². The van der Waals surface area contributed by atoms with Gasteiger partial charge in [-0.05, 0) is 12.3 Å². The SMILES string of the molecule is C(OCC1CO1)C1CO1.C1CCC(CC2CO2)CC1. The van der Waals surface area contributed by atoms with Crippen LogP contribution >= 0.6 is 0 Å². The van der Waals surface area contributed by atoms with Crippen LogP contribution in [0.2, 0.25) is 0 Å². The van der Waals surface area contributed by atoms with Crippen LogP contribution in [0.25, 0.3) is 0 Å². The quantitative estimate of drug-likeness (QED) is 0.694. The van der Waals surface area contributed by atoms with Gasteiger partial charge in [-0.25, -0.2) is 0 Å². The molecule has 3 aliphatic heterocycles. The molecular weight excluding hydrogens is 244 g/mol. The lowest BCUT2D eigenvalue weighted by Crippen LogP contribution is -2.08.